The van der Waals surface area contributed by atoms with Gasteiger partial charge in [0.2, 0.25) is 0 Å². The molecule has 2 aromatic rings. The molecule has 0 unspecified atom stereocenters. The average Bonchev–Trinajstić information content (AvgIpc) is 2.48. The molecule has 0 aliphatic heterocycles. The normalized spacial score (nSPS) is 10.8. The molecule has 0 aliphatic rings. The van der Waals surface area contributed by atoms with Gasteiger partial charge in [-0.2, -0.15) is 4.09 Å². The second-order valence-corrected chi connectivity index (χ2v) is 2.48. The molecule has 0 fully saturated rings. The van der Waals surface area contributed by atoms with Crippen molar-refractivity contribution in [3.8, 4) is 0 Å². The van der Waals surface area contributed by atoms with Crippen molar-refractivity contribution >= 4 is 22.9 Å². The number of rotatable bonds is 0. The number of H-pyrrole nitrogens is 2. The summed E-state index contributed by atoms with van der Waals surface area (Å²) >= 11 is 5.33. The zero-order valence-corrected chi connectivity index (χ0v) is 6.42. The zero-order valence-electron chi connectivity index (χ0n) is 5.67. The molecular weight excluding hydrogens is 184 g/mol. The van der Waals surface area contributed by atoms with E-state index >= 15 is 0 Å². The topological polar surface area (TPSA) is 83.5 Å². The van der Waals surface area contributed by atoms with Crippen LogP contribution < -0.4 is 11.2 Å². The molecule has 0 saturated heterocycles. The molecule has 12 heavy (non-hydrogen) atoms. The van der Waals surface area contributed by atoms with Gasteiger partial charge < -0.3 is 4.98 Å². The third-order valence-corrected chi connectivity index (χ3v) is 1.74. The quantitative estimate of drug-likeness (QED) is 0.577. The molecule has 0 atom stereocenters. The summed E-state index contributed by atoms with van der Waals surface area (Å²) < 4.78 is 0.459. The monoisotopic (exact) mass is 186 g/mol. The van der Waals surface area contributed by atoms with Gasteiger partial charge >= 0.3 is 5.69 Å². The van der Waals surface area contributed by atoms with Crippen LogP contribution in [0.2, 0.25) is 0 Å². The number of nitrogens with one attached hydrogen (secondary N) is 2. The summed E-state index contributed by atoms with van der Waals surface area (Å²) in [4.78, 5) is 30.6. The van der Waals surface area contributed by atoms with Crippen molar-refractivity contribution in [3.63, 3.8) is 0 Å². The van der Waals surface area contributed by atoms with Crippen molar-refractivity contribution in [1.82, 2.24) is 19.0 Å². The van der Waals surface area contributed by atoms with E-state index in [0.717, 1.165) is 0 Å². The summed E-state index contributed by atoms with van der Waals surface area (Å²) in [5.41, 5.74) is -0.902. The van der Waals surface area contributed by atoms with E-state index in [1.807, 2.05) is 0 Å². The highest BCUT2D eigenvalue weighted by Gasteiger charge is 2.06. The number of fused-ring (bicyclic) bond motifs is 1. The first-order valence-electron chi connectivity index (χ1n) is 3.04. The van der Waals surface area contributed by atoms with Gasteiger partial charge in [0, 0.05) is 11.8 Å². The predicted molar refractivity (Wildman–Crippen MR) is 42.2 cm³/mol. The lowest BCUT2D eigenvalue weighted by Gasteiger charge is -1.90. The van der Waals surface area contributed by atoms with Crippen molar-refractivity contribution < 1.29 is 0 Å². The third kappa shape index (κ3) is 0.782. The molecule has 0 bridgehead atoms. The molecule has 0 amide bonds. The lowest BCUT2D eigenvalue weighted by atomic mass is 10.5. The summed E-state index contributed by atoms with van der Waals surface area (Å²) in [7, 11) is 0. The van der Waals surface area contributed by atoms with Crippen LogP contribution in [0.25, 0.3) is 11.2 Å². The largest absolute Gasteiger partial charge is 0.345 e. The number of nitrogens with zero attached hydrogens (tertiary/aromatic N) is 2. The van der Waals surface area contributed by atoms with Gasteiger partial charge in [-0.15, -0.1) is 0 Å². The first kappa shape index (κ1) is 7.11. The van der Waals surface area contributed by atoms with Gasteiger partial charge in [0.05, 0.1) is 6.33 Å². The first-order chi connectivity index (χ1) is 5.70. The third-order valence-electron chi connectivity index (χ3n) is 1.44. The SMILES string of the molecule is O=c1[nH]c2nc[nH]c2c(=O)n1Cl. The van der Waals surface area contributed by atoms with Crippen molar-refractivity contribution in [2.45, 2.75) is 0 Å². The Hall–Kier alpha value is -1.56. The molecule has 7 heteroatoms. The van der Waals surface area contributed by atoms with Crippen molar-refractivity contribution in [2.75, 3.05) is 0 Å². The molecule has 2 heterocycles. The molecule has 0 saturated carbocycles. The Balaban J connectivity index is 3.16. The molecule has 2 N–H and O–H groups in total. The fourth-order valence-electron chi connectivity index (χ4n) is 0.893. The van der Waals surface area contributed by atoms with Crippen LogP contribution in [0.4, 0.5) is 0 Å². The Morgan fingerprint density at radius 1 is 1.50 bits per heavy atom. The Morgan fingerprint density at radius 3 is 3.00 bits per heavy atom. The smallest absolute Gasteiger partial charge is 0.339 e. The van der Waals surface area contributed by atoms with Gasteiger partial charge in [-0.25, -0.2) is 9.78 Å². The van der Waals surface area contributed by atoms with Gasteiger partial charge in [0.1, 0.15) is 0 Å². The van der Waals surface area contributed by atoms with E-state index in [1.165, 1.54) is 6.33 Å². The Morgan fingerprint density at radius 2 is 2.25 bits per heavy atom. The predicted octanol–water partition coefficient (Wildman–Crippen LogP) is -0.585. The molecule has 6 nitrogen and oxygen atoms in total. The Bertz CT molecular complexity index is 536. The zero-order chi connectivity index (χ0) is 8.72. The van der Waals surface area contributed by atoms with Crippen LogP contribution in [-0.4, -0.2) is 19.0 Å². The van der Waals surface area contributed by atoms with Gasteiger partial charge in [-0.05, 0) is 0 Å². The highest BCUT2D eigenvalue weighted by molar-refractivity contribution is 6.15. The van der Waals surface area contributed by atoms with Gasteiger partial charge in [0.15, 0.2) is 11.2 Å². The molecule has 0 aliphatic carbocycles. The van der Waals surface area contributed by atoms with E-state index in [-0.39, 0.29) is 11.2 Å². The summed E-state index contributed by atoms with van der Waals surface area (Å²) in [6.45, 7) is 0. The number of hydrogen-bond acceptors (Lipinski definition) is 3. The molecule has 2 aromatic heterocycles. The molecule has 2 rings (SSSR count). The summed E-state index contributed by atoms with van der Waals surface area (Å²) in [5, 5.41) is 0. The van der Waals surface area contributed by atoms with Crippen LogP contribution in [0, 0.1) is 0 Å². The second kappa shape index (κ2) is 2.21. The fraction of sp³-hybridized carbons (Fsp3) is 0. The number of hydrogen-bond donors (Lipinski definition) is 2. The number of aromatic amines is 2. The Labute approximate surface area is 69.9 Å². The second-order valence-electron chi connectivity index (χ2n) is 2.14. The highest BCUT2D eigenvalue weighted by Crippen LogP contribution is 1.94. The molecule has 0 aromatic carbocycles. The average molecular weight is 187 g/mol. The van der Waals surface area contributed by atoms with Crippen molar-refractivity contribution in [3.05, 3.63) is 27.2 Å². The van der Waals surface area contributed by atoms with E-state index in [4.69, 9.17) is 11.8 Å². The maximum atomic E-state index is 11.1. The van der Waals surface area contributed by atoms with Crippen LogP contribution in [0.1, 0.15) is 0 Å². The number of imidazole rings is 1. The molecule has 62 valence electrons. The fourth-order valence-corrected chi connectivity index (χ4v) is 1.02. The van der Waals surface area contributed by atoms with E-state index in [2.05, 4.69) is 15.0 Å². The Kier molecular flexibility index (Phi) is 1.31. The van der Waals surface area contributed by atoms with Crippen LogP contribution in [0.15, 0.2) is 15.9 Å². The van der Waals surface area contributed by atoms with Gasteiger partial charge in [-0.3, -0.25) is 9.78 Å². The van der Waals surface area contributed by atoms with E-state index in [0.29, 0.717) is 4.09 Å². The van der Waals surface area contributed by atoms with Gasteiger partial charge in [0.25, 0.3) is 5.56 Å². The van der Waals surface area contributed by atoms with Crippen molar-refractivity contribution in [1.29, 1.82) is 0 Å². The lowest BCUT2D eigenvalue weighted by Crippen LogP contribution is -2.29. The minimum absolute atomic E-state index is 0.185. The molecular formula is C5H3ClN4O2. The number of halogens is 1. The maximum absolute atomic E-state index is 11.1. The summed E-state index contributed by atoms with van der Waals surface area (Å²) in [6.07, 6.45) is 1.30. The van der Waals surface area contributed by atoms with Gasteiger partial charge in [-0.1, -0.05) is 0 Å². The van der Waals surface area contributed by atoms with Crippen LogP contribution in [0.5, 0.6) is 0 Å². The van der Waals surface area contributed by atoms with E-state index < -0.39 is 11.2 Å². The van der Waals surface area contributed by atoms with Crippen LogP contribution >= 0.6 is 11.8 Å². The molecule has 0 radical (unpaired) electrons. The van der Waals surface area contributed by atoms with Crippen LogP contribution in [0.3, 0.4) is 0 Å². The van der Waals surface area contributed by atoms with E-state index in [1.54, 1.807) is 0 Å². The number of aromatic nitrogens is 4. The highest BCUT2D eigenvalue weighted by atomic mass is 35.5. The van der Waals surface area contributed by atoms with Crippen LogP contribution in [-0.2, 0) is 0 Å². The maximum Gasteiger partial charge on any atom is 0.345 e. The molecule has 0 spiro atoms. The van der Waals surface area contributed by atoms with Crippen molar-refractivity contribution in [2.24, 2.45) is 0 Å². The standard InChI is InChI=1S/C5H3ClN4O2/c6-10-4(11)2-3(8-1-7-2)9-5(10)12/h1H,(H,7,8)(H,9,12). The first-order valence-corrected chi connectivity index (χ1v) is 3.38. The summed E-state index contributed by atoms with van der Waals surface area (Å²) in [6, 6.07) is 0. The lowest BCUT2D eigenvalue weighted by molar-refractivity contribution is 0.994. The minimum Gasteiger partial charge on any atom is -0.339 e. The minimum atomic E-state index is -0.693. The summed E-state index contributed by atoms with van der Waals surface area (Å²) in [5.74, 6) is 0. The van der Waals surface area contributed by atoms with E-state index in [9.17, 15) is 9.59 Å².